The zero-order valence-electron chi connectivity index (χ0n) is 14.0. The molecule has 0 spiro atoms. The second kappa shape index (κ2) is 6.72. The number of ether oxygens (including phenoxy) is 2. The minimum atomic E-state index is -0.265. The number of carbonyl (C=O) groups is 1. The number of amides is 1. The molecule has 26 heavy (non-hydrogen) atoms. The molecule has 4 rings (SSSR count). The van der Waals surface area contributed by atoms with Gasteiger partial charge in [-0.15, -0.1) is 0 Å². The lowest BCUT2D eigenvalue weighted by atomic mass is 10.1. The fraction of sp³-hybridized carbons (Fsp3) is 0.105. The van der Waals surface area contributed by atoms with Gasteiger partial charge in [0.05, 0.1) is 5.69 Å². The lowest BCUT2D eigenvalue weighted by molar-refractivity contribution is -0.111. The Balaban J connectivity index is 1.46. The van der Waals surface area contributed by atoms with Crippen LogP contribution in [0, 0.1) is 6.92 Å². The highest BCUT2D eigenvalue weighted by molar-refractivity contribution is 6.02. The van der Waals surface area contributed by atoms with E-state index in [-0.39, 0.29) is 12.7 Å². The van der Waals surface area contributed by atoms with Gasteiger partial charge in [-0.25, -0.2) is 0 Å². The number of carbonyl (C=O) groups excluding carboxylic acids is 1. The smallest absolute Gasteiger partial charge is 0.249 e. The first-order chi connectivity index (χ1) is 12.7. The lowest BCUT2D eigenvalue weighted by Crippen LogP contribution is -2.09. The van der Waals surface area contributed by atoms with E-state index in [1.165, 1.54) is 6.08 Å². The van der Waals surface area contributed by atoms with Crippen molar-refractivity contribution < 1.29 is 14.3 Å². The zero-order valence-corrected chi connectivity index (χ0v) is 14.0. The zero-order chi connectivity index (χ0) is 17.9. The molecule has 3 heterocycles. The van der Waals surface area contributed by atoms with Crippen LogP contribution >= 0.6 is 0 Å². The van der Waals surface area contributed by atoms with Crippen LogP contribution in [0.25, 0.3) is 17.3 Å². The van der Waals surface area contributed by atoms with Crippen molar-refractivity contribution in [3.8, 4) is 22.8 Å². The Hall–Kier alpha value is -3.61. The average molecular weight is 348 g/mol. The molecule has 2 N–H and O–H groups in total. The van der Waals surface area contributed by atoms with Crippen molar-refractivity contribution in [3.05, 3.63) is 59.9 Å². The van der Waals surface area contributed by atoms with Gasteiger partial charge in [-0.1, -0.05) is 6.07 Å². The number of fused-ring (bicyclic) bond motifs is 1. The maximum atomic E-state index is 12.2. The monoisotopic (exact) mass is 348 g/mol. The van der Waals surface area contributed by atoms with E-state index in [4.69, 9.17) is 9.47 Å². The van der Waals surface area contributed by atoms with Gasteiger partial charge in [0.25, 0.3) is 0 Å². The Labute approximate surface area is 149 Å². The first-order valence-corrected chi connectivity index (χ1v) is 8.05. The molecule has 0 atom stereocenters. The number of aromatic amines is 1. The number of nitrogens with one attached hydrogen (secondary N) is 2. The van der Waals surface area contributed by atoms with Gasteiger partial charge in [0.15, 0.2) is 17.3 Å². The molecule has 130 valence electrons. The van der Waals surface area contributed by atoms with Crippen LogP contribution in [0.1, 0.15) is 11.1 Å². The molecule has 1 amide bonds. The molecule has 1 aromatic carbocycles. The predicted octanol–water partition coefficient (Wildman–Crippen LogP) is 3.16. The Morgan fingerprint density at radius 1 is 1.19 bits per heavy atom. The summed E-state index contributed by atoms with van der Waals surface area (Å²) >= 11 is 0. The van der Waals surface area contributed by atoms with Crippen molar-refractivity contribution in [3.63, 3.8) is 0 Å². The van der Waals surface area contributed by atoms with E-state index in [1.54, 1.807) is 18.5 Å². The number of aromatic nitrogens is 3. The molecule has 7 heteroatoms. The number of pyridine rings is 1. The number of H-pyrrole nitrogens is 1. The second-order valence-corrected chi connectivity index (χ2v) is 5.74. The van der Waals surface area contributed by atoms with Gasteiger partial charge in [0, 0.05) is 29.6 Å². The van der Waals surface area contributed by atoms with E-state index in [9.17, 15) is 4.79 Å². The van der Waals surface area contributed by atoms with Crippen molar-refractivity contribution in [2.24, 2.45) is 0 Å². The van der Waals surface area contributed by atoms with E-state index in [2.05, 4.69) is 20.5 Å². The molecular weight excluding hydrogens is 332 g/mol. The van der Waals surface area contributed by atoms with Crippen molar-refractivity contribution in [1.82, 2.24) is 15.2 Å². The first-order valence-electron chi connectivity index (χ1n) is 8.05. The highest BCUT2D eigenvalue weighted by Crippen LogP contribution is 2.32. The minimum absolute atomic E-state index is 0.223. The molecular formula is C19H16N4O3. The Morgan fingerprint density at radius 2 is 2.00 bits per heavy atom. The van der Waals surface area contributed by atoms with Gasteiger partial charge in [0.1, 0.15) is 0 Å². The average Bonchev–Trinajstić information content (AvgIpc) is 3.27. The molecule has 0 radical (unpaired) electrons. The van der Waals surface area contributed by atoms with E-state index in [0.717, 1.165) is 22.4 Å². The Morgan fingerprint density at radius 3 is 2.85 bits per heavy atom. The quantitative estimate of drug-likeness (QED) is 0.707. The van der Waals surface area contributed by atoms with Crippen LogP contribution in [0.5, 0.6) is 11.5 Å². The van der Waals surface area contributed by atoms with Crippen molar-refractivity contribution >= 4 is 17.8 Å². The summed E-state index contributed by atoms with van der Waals surface area (Å²) in [7, 11) is 0. The maximum Gasteiger partial charge on any atom is 0.249 e. The van der Waals surface area contributed by atoms with Crippen molar-refractivity contribution in [2.75, 3.05) is 12.1 Å². The largest absolute Gasteiger partial charge is 0.454 e. The SMILES string of the molecule is Cc1c(NC(=O)/C=C\c2ccc3c(c2)OCO3)n[nH]c1-c1ccncc1. The first kappa shape index (κ1) is 15.9. The molecule has 0 fully saturated rings. The van der Waals surface area contributed by atoms with Gasteiger partial charge >= 0.3 is 0 Å². The van der Waals surface area contributed by atoms with Crippen LogP contribution < -0.4 is 14.8 Å². The third kappa shape index (κ3) is 3.14. The van der Waals surface area contributed by atoms with Crippen LogP contribution in [0.3, 0.4) is 0 Å². The van der Waals surface area contributed by atoms with Gasteiger partial charge in [-0.3, -0.25) is 14.9 Å². The molecule has 1 aliphatic rings. The normalized spacial score (nSPS) is 12.5. The molecule has 0 unspecified atom stereocenters. The molecule has 0 saturated heterocycles. The topological polar surface area (TPSA) is 89.1 Å². The molecule has 7 nitrogen and oxygen atoms in total. The standard InChI is InChI=1S/C19H16N4O3/c1-12-18(14-6-8-20-9-7-14)22-23-19(12)21-17(24)5-3-13-2-4-15-16(10-13)26-11-25-15/h2-10H,11H2,1H3,(H2,21,22,23,24)/b5-3-. The molecule has 0 aliphatic carbocycles. The minimum Gasteiger partial charge on any atom is -0.454 e. The van der Waals surface area contributed by atoms with E-state index < -0.39 is 0 Å². The van der Waals surface area contributed by atoms with E-state index in [1.807, 2.05) is 37.3 Å². The highest BCUT2D eigenvalue weighted by atomic mass is 16.7. The van der Waals surface area contributed by atoms with Crippen LogP contribution in [0.2, 0.25) is 0 Å². The van der Waals surface area contributed by atoms with E-state index in [0.29, 0.717) is 17.3 Å². The van der Waals surface area contributed by atoms with Gasteiger partial charge in [-0.2, -0.15) is 5.10 Å². The van der Waals surface area contributed by atoms with E-state index >= 15 is 0 Å². The molecule has 2 aromatic heterocycles. The van der Waals surface area contributed by atoms with Gasteiger partial charge in [0.2, 0.25) is 12.7 Å². The van der Waals surface area contributed by atoms with Gasteiger partial charge in [-0.05, 0) is 42.8 Å². The predicted molar refractivity (Wildman–Crippen MR) is 96.8 cm³/mol. The van der Waals surface area contributed by atoms with Crippen LogP contribution in [-0.2, 0) is 4.79 Å². The fourth-order valence-corrected chi connectivity index (χ4v) is 2.67. The number of nitrogens with zero attached hydrogens (tertiary/aromatic N) is 2. The molecule has 0 bridgehead atoms. The summed E-state index contributed by atoms with van der Waals surface area (Å²) in [6.07, 6.45) is 6.59. The molecule has 3 aromatic rings. The van der Waals surface area contributed by atoms with Gasteiger partial charge < -0.3 is 14.8 Å². The Bertz CT molecular complexity index is 980. The summed E-state index contributed by atoms with van der Waals surface area (Å²) in [4.78, 5) is 16.2. The third-order valence-corrected chi connectivity index (χ3v) is 4.04. The third-order valence-electron chi connectivity index (χ3n) is 4.04. The maximum absolute atomic E-state index is 12.2. The molecule has 1 aliphatic heterocycles. The summed E-state index contributed by atoms with van der Waals surface area (Å²) in [5.74, 6) is 1.62. The lowest BCUT2D eigenvalue weighted by Gasteiger charge is -2.01. The summed E-state index contributed by atoms with van der Waals surface area (Å²) in [6.45, 7) is 2.12. The number of hydrogen-bond acceptors (Lipinski definition) is 5. The summed E-state index contributed by atoms with van der Waals surface area (Å²) in [6, 6.07) is 9.27. The number of rotatable bonds is 4. The summed E-state index contributed by atoms with van der Waals surface area (Å²) < 4.78 is 10.6. The molecule has 0 saturated carbocycles. The highest BCUT2D eigenvalue weighted by Gasteiger charge is 2.13. The summed E-state index contributed by atoms with van der Waals surface area (Å²) in [5, 5.41) is 9.92. The second-order valence-electron chi connectivity index (χ2n) is 5.74. The Kier molecular flexibility index (Phi) is 4.10. The van der Waals surface area contributed by atoms with Crippen LogP contribution in [-0.4, -0.2) is 27.9 Å². The fourth-order valence-electron chi connectivity index (χ4n) is 2.67. The number of hydrogen-bond donors (Lipinski definition) is 2. The van der Waals surface area contributed by atoms with Crippen molar-refractivity contribution in [1.29, 1.82) is 0 Å². The van der Waals surface area contributed by atoms with Crippen molar-refractivity contribution in [2.45, 2.75) is 6.92 Å². The summed E-state index contributed by atoms with van der Waals surface area (Å²) in [5.41, 5.74) is 3.52. The number of anilines is 1. The van der Waals surface area contributed by atoms with Crippen LogP contribution in [0.4, 0.5) is 5.82 Å². The van der Waals surface area contributed by atoms with Crippen LogP contribution in [0.15, 0.2) is 48.8 Å². The number of benzene rings is 1.